The summed E-state index contributed by atoms with van der Waals surface area (Å²) < 4.78 is 28.5. The van der Waals surface area contributed by atoms with Gasteiger partial charge in [-0.05, 0) is 49.4 Å². The van der Waals surface area contributed by atoms with Crippen molar-refractivity contribution in [2.24, 2.45) is 5.73 Å². The molecular formula is C19H20FN3O6. The van der Waals surface area contributed by atoms with Crippen LogP contribution in [0.2, 0.25) is 0 Å². The molecule has 1 atom stereocenters. The smallest absolute Gasteiger partial charge is 0.279 e. The van der Waals surface area contributed by atoms with E-state index in [-0.39, 0.29) is 23.7 Å². The molecule has 0 heterocycles. The van der Waals surface area contributed by atoms with E-state index in [4.69, 9.17) is 19.9 Å². The minimum atomic E-state index is -0.945. The highest BCUT2D eigenvalue weighted by molar-refractivity contribution is 5.96. The second kappa shape index (κ2) is 9.93. The number of hydrogen-bond donors (Lipinski definition) is 3. The van der Waals surface area contributed by atoms with Gasteiger partial charge < -0.3 is 19.9 Å². The maximum atomic E-state index is 12.9. The van der Waals surface area contributed by atoms with E-state index in [1.165, 1.54) is 56.5 Å². The summed E-state index contributed by atoms with van der Waals surface area (Å²) in [5, 5.41) is 0. The first kappa shape index (κ1) is 21.5. The van der Waals surface area contributed by atoms with Crippen LogP contribution in [0.15, 0.2) is 42.5 Å². The molecule has 0 saturated heterocycles. The lowest BCUT2D eigenvalue weighted by molar-refractivity contribution is -0.128. The highest BCUT2D eigenvalue weighted by Gasteiger charge is 2.17. The topological polar surface area (TPSA) is 129 Å². The van der Waals surface area contributed by atoms with Crippen LogP contribution in [-0.2, 0) is 9.59 Å². The number of methoxy groups -OCH3 is 1. The van der Waals surface area contributed by atoms with E-state index < -0.39 is 29.6 Å². The molecule has 2 rings (SSSR count). The van der Waals surface area contributed by atoms with E-state index in [9.17, 15) is 18.8 Å². The van der Waals surface area contributed by atoms with Crippen LogP contribution in [0, 0.1) is 5.82 Å². The molecule has 0 bridgehead atoms. The zero-order chi connectivity index (χ0) is 21.4. The molecule has 0 spiro atoms. The molecule has 3 amide bonds. The van der Waals surface area contributed by atoms with Gasteiger partial charge in [-0.1, -0.05) is 0 Å². The number of hydrazine groups is 1. The molecule has 0 radical (unpaired) electrons. The Bertz CT molecular complexity index is 888. The molecule has 154 valence electrons. The Morgan fingerprint density at radius 1 is 1.07 bits per heavy atom. The second-order valence-electron chi connectivity index (χ2n) is 5.78. The molecule has 0 saturated carbocycles. The molecule has 29 heavy (non-hydrogen) atoms. The van der Waals surface area contributed by atoms with Gasteiger partial charge in [0, 0.05) is 5.56 Å². The maximum Gasteiger partial charge on any atom is 0.279 e. The number of nitrogens with two attached hydrogens (primary N) is 1. The first-order valence-corrected chi connectivity index (χ1v) is 8.41. The first-order chi connectivity index (χ1) is 13.8. The van der Waals surface area contributed by atoms with Crippen molar-refractivity contribution in [3.05, 3.63) is 53.8 Å². The Morgan fingerprint density at radius 2 is 1.76 bits per heavy atom. The van der Waals surface area contributed by atoms with Crippen LogP contribution in [-0.4, -0.2) is 37.5 Å². The third-order valence-electron chi connectivity index (χ3n) is 3.59. The Kier molecular flexibility index (Phi) is 7.35. The molecule has 9 nitrogen and oxygen atoms in total. The highest BCUT2D eigenvalue weighted by Crippen LogP contribution is 2.27. The average molecular weight is 405 g/mol. The third-order valence-corrected chi connectivity index (χ3v) is 3.59. The van der Waals surface area contributed by atoms with Crippen molar-refractivity contribution in [1.82, 2.24) is 10.9 Å². The van der Waals surface area contributed by atoms with Crippen LogP contribution in [0.3, 0.4) is 0 Å². The van der Waals surface area contributed by atoms with Crippen molar-refractivity contribution >= 4 is 17.7 Å². The molecular weight excluding hydrogens is 385 g/mol. The highest BCUT2D eigenvalue weighted by atomic mass is 19.1. The molecule has 0 aliphatic rings. The van der Waals surface area contributed by atoms with Crippen molar-refractivity contribution in [2.75, 3.05) is 13.7 Å². The van der Waals surface area contributed by atoms with Gasteiger partial charge in [0.2, 0.25) is 0 Å². The monoisotopic (exact) mass is 405 g/mol. The minimum absolute atomic E-state index is 0.167. The van der Waals surface area contributed by atoms with E-state index in [1.807, 2.05) is 0 Å². The zero-order valence-corrected chi connectivity index (χ0v) is 15.7. The van der Waals surface area contributed by atoms with Crippen LogP contribution in [0.5, 0.6) is 17.2 Å². The Labute approximate surface area is 165 Å². The largest absolute Gasteiger partial charge is 0.493 e. The van der Waals surface area contributed by atoms with Gasteiger partial charge in [-0.15, -0.1) is 0 Å². The van der Waals surface area contributed by atoms with Gasteiger partial charge in [0.05, 0.1) is 7.11 Å². The van der Waals surface area contributed by atoms with E-state index in [0.29, 0.717) is 5.75 Å². The van der Waals surface area contributed by atoms with Gasteiger partial charge in [-0.3, -0.25) is 25.2 Å². The molecule has 2 aromatic rings. The van der Waals surface area contributed by atoms with E-state index in [1.54, 1.807) is 0 Å². The number of carbonyl (C=O) groups excluding carboxylic acids is 3. The lowest BCUT2D eigenvalue weighted by atomic mass is 10.2. The maximum absolute atomic E-state index is 12.9. The molecule has 0 fully saturated rings. The minimum Gasteiger partial charge on any atom is -0.493 e. The molecule has 0 unspecified atom stereocenters. The third kappa shape index (κ3) is 6.38. The summed E-state index contributed by atoms with van der Waals surface area (Å²) in [6.07, 6.45) is -0.945. The predicted molar refractivity (Wildman–Crippen MR) is 99.8 cm³/mol. The molecule has 10 heteroatoms. The van der Waals surface area contributed by atoms with Gasteiger partial charge in [-0.2, -0.15) is 0 Å². The molecule has 0 aromatic heterocycles. The fourth-order valence-electron chi connectivity index (χ4n) is 2.14. The number of nitrogens with one attached hydrogen (secondary N) is 2. The van der Waals surface area contributed by atoms with E-state index in [2.05, 4.69) is 10.9 Å². The Hall–Kier alpha value is -3.82. The summed E-state index contributed by atoms with van der Waals surface area (Å²) in [7, 11) is 1.37. The summed E-state index contributed by atoms with van der Waals surface area (Å²) >= 11 is 0. The van der Waals surface area contributed by atoms with Gasteiger partial charge in [0.15, 0.2) is 24.2 Å². The standard InChI is InChI=1S/C19H20FN3O6/c1-11(29-14-6-4-13(20)5-7-14)18(25)22-23-19(26)12-3-8-15(16(9-12)27-2)28-10-17(21)24/h3-9,11H,10H2,1-2H3,(H2,21,24)(H,22,25)(H,23,26)/t11-/m1/s1. The number of amides is 3. The summed E-state index contributed by atoms with van der Waals surface area (Å²) in [6.45, 7) is 1.13. The van der Waals surface area contributed by atoms with Crippen molar-refractivity contribution in [2.45, 2.75) is 13.0 Å². The quantitative estimate of drug-likeness (QED) is 0.561. The first-order valence-electron chi connectivity index (χ1n) is 8.41. The number of benzene rings is 2. The molecule has 0 aliphatic carbocycles. The number of ether oxygens (including phenoxy) is 3. The number of halogens is 1. The molecule has 2 aromatic carbocycles. The predicted octanol–water partition coefficient (Wildman–Crippen LogP) is 0.927. The lowest BCUT2D eigenvalue weighted by Gasteiger charge is -2.15. The number of rotatable bonds is 8. The summed E-state index contributed by atoms with van der Waals surface area (Å²) in [5.41, 5.74) is 9.67. The number of hydrogen-bond acceptors (Lipinski definition) is 6. The summed E-state index contributed by atoms with van der Waals surface area (Å²) in [6, 6.07) is 9.38. The van der Waals surface area contributed by atoms with Crippen molar-refractivity contribution in [1.29, 1.82) is 0 Å². The normalized spacial score (nSPS) is 11.1. The number of primary amides is 1. The fourth-order valence-corrected chi connectivity index (χ4v) is 2.14. The average Bonchev–Trinajstić information content (AvgIpc) is 2.71. The van der Waals surface area contributed by atoms with Crippen molar-refractivity contribution in [3.63, 3.8) is 0 Å². The SMILES string of the molecule is COc1cc(C(=O)NNC(=O)[C@@H](C)Oc2ccc(F)cc2)ccc1OCC(N)=O. The fraction of sp³-hybridized carbons (Fsp3) is 0.211. The zero-order valence-electron chi connectivity index (χ0n) is 15.7. The van der Waals surface area contributed by atoms with Gasteiger partial charge in [0.1, 0.15) is 11.6 Å². The van der Waals surface area contributed by atoms with Crippen LogP contribution < -0.4 is 30.8 Å². The van der Waals surface area contributed by atoms with Crippen LogP contribution in [0.4, 0.5) is 4.39 Å². The van der Waals surface area contributed by atoms with Crippen molar-refractivity contribution in [3.8, 4) is 17.2 Å². The van der Waals surface area contributed by atoms with E-state index in [0.717, 1.165) is 0 Å². The second-order valence-corrected chi connectivity index (χ2v) is 5.78. The summed E-state index contributed by atoms with van der Waals surface area (Å²) in [4.78, 5) is 35.1. The van der Waals surface area contributed by atoms with Crippen molar-refractivity contribution < 1.29 is 33.0 Å². The molecule has 0 aliphatic heterocycles. The van der Waals surface area contributed by atoms with Gasteiger partial charge in [-0.25, -0.2) is 4.39 Å². The summed E-state index contributed by atoms with van der Waals surface area (Å²) in [5.74, 6) is -1.58. The van der Waals surface area contributed by atoms with Gasteiger partial charge >= 0.3 is 0 Å². The number of carbonyl (C=O) groups is 3. The van der Waals surface area contributed by atoms with Crippen LogP contribution >= 0.6 is 0 Å². The lowest BCUT2D eigenvalue weighted by Crippen LogP contribution is -2.47. The van der Waals surface area contributed by atoms with Gasteiger partial charge in [0.25, 0.3) is 17.7 Å². The van der Waals surface area contributed by atoms with Crippen LogP contribution in [0.1, 0.15) is 17.3 Å². The Morgan fingerprint density at radius 3 is 2.38 bits per heavy atom. The van der Waals surface area contributed by atoms with Crippen LogP contribution in [0.25, 0.3) is 0 Å². The Balaban J connectivity index is 1.92. The van der Waals surface area contributed by atoms with E-state index >= 15 is 0 Å². The molecule has 4 N–H and O–H groups in total.